The number of rotatable bonds is 10. The summed E-state index contributed by atoms with van der Waals surface area (Å²) in [5.41, 5.74) is 0. The average molecular weight is 298 g/mol. The van der Waals surface area contributed by atoms with Gasteiger partial charge in [-0.25, -0.2) is 0 Å². The van der Waals surface area contributed by atoms with Crippen molar-refractivity contribution < 1.29 is 19.0 Å². The molecule has 4 nitrogen and oxygen atoms in total. The van der Waals surface area contributed by atoms with Crippen LogP contribution in [0.5, 0.6) is 0 Å². The van der Waals surface area contributed by atoms with Crippen molar-refractivity contribution in [1.82, 2.24) is 0 Å². The molecule has 0 aliphatic carbocycles. The van der Waals surface area contributed by atoms with Crippen LogP contribution in [0.25, 0.3) is 0 Å². The number of carbonyl (C=O) groups excluding carboxylic acids is 1. The van der Waals surface area contributed by atoms with Crippen molar-refractivity contribution in [1.29, 1.82) is 0 Å². The van der Waals surface area contributed by atoms with Gasteiger partial charge in [0.1, 0.15) is 5.78 Å². The summed E-state index contributed by atoms with van der Waals surface area (Å²) in [5, 5.41) is 0. The minimum absolute atomic E-state index is 0.0255. The van der Waals surface area contributed by atoms with E-state index in [4.69, 9.17) is 14.2 Å². The van der Waals surface area contributed by atoms with E-state index in [9.17, 15) is 4.79 Å². The maximum atomic E-state index is 11.8. The van der Waals surface area contributed by atoms with Crippen LogP contribution < -0.4 is 0 Å². The highest BCUT2D eigenvalue weighted by molar-refractivity contribution is 5.78. The highest BCUT2D eigenvalue weighted by Gasteiger charge is 2.36. The Morgan fingerprint density at radius 2 is 2.14 bits per heavy atom. The van der Waals surface area contributed by atoms with Crippen LogP contribution in [0.1, 0.15) is 71.6 Å². The summed E-state index contributed by atoms with van der Waals surface area (Å²) in [6, 6.07) is 0. The minimum Gasteiger partial charge on any atom is -0.370 e. The van der Waals surface area contributed by atoms with E-state index in [1.54, 1.807) is 0 Å². The van der Waals surface area contributed by atoms with Crippen LogP contribution in [0.2, 0.25) is 0 Å². The number of ketones is 1. The fourth-order valence-electron chi connectivity index (χ4n) is 2.95. The molecule has 2 aliphatic heterocycles. The Hall–Kier alpha value is -0.450. The molecule has 0 aromatic carbocycles. The van der Waals surface area contributed by atoms with Crippen molar-refractivity contribution in [2.24, 2.45) is 0 Å². The molecule has 4 heteroatoms. The van der Waals surface area contributed by atoms with E-state index < -0.39 is 0 Å². The zero-order valence-corrected chi connectivity index (χ0v) is 13.5. The molecule has 0 saturated carbocycles. The summed E-state index contributed by atoms with van der Waals surface area (Å²) in [4.78, 5) is 11.8. The summed E-state index contributed by atoms with van der Waals surface area (Å²) in [5.74, 6) is 0.362. The van der Waals surface area contributed by atoms with Crippen molar-refractivity contribution >= 4 is 5.78 Å². The van der Waals surface area contributed by atoms with Crippen LogP contribution in [0.15, 0.2) is 0 Å². The second kappa shape index (κ2) is 8.86. The van der Waals surface area contributed by atoms with Gasteiger partial charge in [0.25, 0.3) is 0 Å². The van der Waals surface area contributed by atoms with Crippen LogP contribution in [-0.4, -0.2) is 37.0 Å². The molecule has 0 spiro atoms. The molecule has 0 N–H and O–H groups in total. The third-order valence-electron chi connectivity index (χ3n) is 4.39. The summed E-state index contributed by atoms with van der Waals surface area (Å²) in [7, 11) is 0. The van der Waals surface area contributed by atoms with E-state index in [0.717, 1.165) is 45.1 Å². The largest absolute Gasteiger partial charge is 0.370 e. The van der Waals surface area contributed by atoms with Gasteiger partial charge in [-0.05, 0) is 51.9 Å². The van der Waals surface area contributed by atoms with Gasteiger partial charge in [0, 0.05) is 19.4 Å². The molecular weight excluding hydrogens is 268 g/mol. The fourth-order valence-corrected chi connectivity index (χ4v) is 2.95. The molecule has 21 heavy (non-hydrogen) atoms. The normalized spacial score (nSPS) is 30.1. The lowest BCUT2D eigenvalue weighted by molar-refractivity contribution is -0.185. The second-order valence-corrected chi connectivity index (χ2v) is 6.33. The van der Waals surface area contributed by atoms with Crippen molar-refractivity contribution in [3.63, 3.8) is 0 Å². The van der Waals surface area contributed by atoms with Gasteiger partial charge in [-0.15, -0.1) is 0 Å². The fraction of sp³-hybridized carbons (Fsp3) is 0.941. The quantitative estimate of drug-likeness (QED) is 0.578. The Kier molecular flexibility index (Phi) is 7.14. The molecule has 0 bridgehead atoms. The lowest BCUT2D eigenvalue weighted by atomic mass is 10.0. The molecule has 4 atom stereocenters. The minimum atomic E-state index is -0.0255. The van der Waals surface area contributed by atoms with Gasteiger partial charge in [-0.2, -0.15) is 0 Å². The number of Topliss-reactive ketones (excluding diaryl/α,β-unsaturated/α-hetero) is 1. The van der Waals surface area contributed by atoms with E-state index in [1.807, 2.05) is 0 Å². The third kappa shape index (κ3) is 6.45. The van der Waals surface area contributed by atoms with Gasteiger partial charge >= 0.3 is 0 Å². The SMILES string of the molecule is CCC1OC1CCC(=O)CCCC(C)OC1CCCCO1. The lowest BCUT2D eigenvalue weighted by Crippen LogP contribution is -2.26. The van der Waals surface area contributed by atoms with Gasteiger partial charge in [-0.1, -0.05) is 6.92 Å². The summed E-state index contributed by atoms with van der Waals surface area (Å²) in [6.45, 7) is 5.02. The van der Waals surface area contributed by atoms with E-state index >= 15 is 0 Å². The first-order valence-electron chi connectivity index (χ1n) is 8.63. The molecule has 2 saturated heterocycles. The van der Waals surface area contributed by atoms with Crippen molar-refractivity contribution in [2.45, 2.75) is 96.2 Å². The number of hydrogen-bond donors (Lipinski definition) is 0. The first-order chi connectivity index (χ1) is 10.2. The van der Waals surface area contributed by atoms with Crippen molar-refractivity contribution in [3.8, 4) is 0 Å². The van der Waals surface area contributed by atoms with Crippen LogP contribution in [0, 0.1) is 0 Å². The molecule has 2 aliphatic rings. The molecule has 2 rings (SSSR count). The molecular formula is C17H30O4. The van der Waals surface area contributed by atoms with Gasteiger partial charge in [-0.3, -0.25) is 4.79 Å². The predicted octanol–water partition coefficient (Wildman–Crippen LogP) is 3.62. The van der Waals surface area contributed by atoms with E-state index in [-0.39, 0.29) is 12.4 Å². The number of hydrogen-bond acceptors (Lipinski definition) is 4. The average Bonchev–Trinajstić information content (AvgIpc) is 3.25. The standard InChI is InChI=1S/C17H30O4/c1-3-15-16(21-15)11-10-14(18)8-6-7-13(2)20-17-9-4-5-12-19-17/h13,15-17H,3-12H2,1-2H3. The molecule has 0 amide bonds. The summed E-state index contributed by atoms with van der Waals surface area (Å²) >= 11 is 0. The van der Waals surface area contributed by atoms with Gasteiger partial charge in [0.2, 0.25) is 0 Å². The van der Waals surface area contributed by atoms with E-state index in [2.05, 4.69) is 13.8 Å². The van der Waals surface area contributed by atoms with Crippen molar-refractivity contribution in [2.75, 3.05) is 6.61 Å². The first-order valence-corrected chi connectivity index (χ1v) is 8.63. The van der Waals surface area contributed by atoms with Crippen LogP contribution in [-0.2, 0) is 19.0 Å². The molecule has 0 aromatic rings. The zero-order valence-electron chi connectivity index (χ0n) is 13.5. The Morgan fingerprint density at radius 3 is 2.81 bits per heavy atom. The Labute approximate surface area is 128 Å². The van der Waals surface area contributed by atoms with E-state index in [1.165, 1.54) is 6.42 Å². The Balaban J connectivity index is 1.47. The van der Waals surface area contributed by atoms with Gasteiger partial charge in [0.05, 0.1) is 18.3 Å². The van der Waals surface area contributed by atoms with Crippen LogP contribution in [0.4, 0.5) is 0 Å². The zero-order chi connectivity index (χ0) is 15.1. The highest BCUT2D eigenvalue weighted by atomic mass is 16.7. The predicted molar refractivity (Wildman–Crippen MR) is 81.2 cm³/mol. The smallest absolute Gasteiger partial charge is 0.157 e. The molecule has 122 valence electrons. The number of carbonyl (C=O) groups is 1. The first kappa shape index (κ1) is 16.9. The van der Waals surface area contributed by atoms with Crippen LogP contribution >= 0.6 is 0 Å². The topological polar surface area (TPSA) is 48.1 Å². The Morgan fingerprint density at radius 1 is 1.29 bits per heavy atom. The van der Waals surface area contributed by atoms with E-state index in [0.29, 0.717) is 30.8 Å². The highest BCUT2D eigenvalue weighted by Crippen LogP contribution is 2.29. The Bertz CT molecular complexity index is 312. The summed E-state index contributed by atoms with van der Waals surface area (Å²) < 4.78 is 16.9. The molecule has 2 heterocycles. The maximum Gasteiger partial charge on any atom is 0.157 e. The summed E-state index contributed by atoms with van der Waals surface area (Å²) in [6.07, 6.45) is 9.42. The maximum absolute atomic E-state index is 11.8. The van der Waals surface area contributed by atoms with Crippen LogP contribution in [0.3, 0.4) is 0 Å². The van der Waals surface area contributed by atoms with Gasteiger partial charge in [0.15, 0.2) is 6.29 Å². The molecule has 0 radical (unpaired) electrons. The lowest BCUT2D eigenvalue weighted by Gasteiger charge is -2.26. The number of epoxide rings is 1. The monoisotopic (exact) mass is 298 g/mol. The molecule has 4 unspecified atom stereocenters. The van der Waals surface area contributed by atoms with Crippen molar-refractivity contribution in [3.05, 3.63) is 0 Å². The molecule has 2 fully saturated rings. The second-order valence-electron chi connectivity index (χ2n) is 6.33. The number of ether oxygens (including phenoxy) is 3. The van der Waals surface area contributed by atoms with Gasteiger partial charge < -0.3 is 14.2 Å². The third-order valence-corrected chi connectivity index (χ3v) is 4.39. The molecule has 0 aromatic heterocycles.